The first-order chi connectivity index (χ1) is 10.5. The van der Waals surface area contributed by atoms with Gasteiger partial charge in [-0.1, -0.05) is 51.1 Å². The minimum atomic E-state index is 0.0903. The lowest BCUT2D eigenvalue weighted by atomic mass is 9.88. The number of rotatable bonds is 6. The molecule has 1 heterocycles. The summed E-state index contributed by atoms with van der Waals surface area (Å²) in [5.41, 5.74) is 2.88. The van der Waals surface area contributed by atoms with E-state index < -0.39 is 0 Å². The maximum atomic E-state index is 5.33. The molecule has 1 aromatic rings. The van der Waals surface area contributed by atoms with Crippen LogP contribution in [0.1, 0.15) is 44.4 Å². The molecule has 120 valence electrons. The highest BCUT2D eigenvalue weighted by molar-refractivity contribution is 5.59. The van der Waals surface area contributed by atoms with Crippen molar-refractivity contribution in [3.63, 3.8) is 0 Å². The van der Waals surface area contributed by atoms with Crippen LogP contribution in [0.4, 0.5) is 0 Å². The van der Waals surface area contributed by atoms with Gasteiger partial charge in [-0.05, 0) is 23.0 Å². The maximum Gasteiger partial charge on any atom is 0.0862 e. The van der Waals surface area contributed by atoms with Crippen molar-refractivity contribution in [2.24, 2.45) is 10.4 Å². The fraction of sp³-hybridized carbons (Fsp3) is 0.526. The molecule has 0 aromatic heterocycles. The summed E-state index contributed by atoms with van der Waals surface area (Å²) in [6.45, 7) is 12.1. The van der Waals surface area contributed by atoms with Gasteiger partial charge in [0.15, 0.2) is 0 Å². The van der Waals surface area contributed by atoms with Crippen molar-refractivity contribution in [2.75, 3.05) is 13.7 Å². The lowest BCUT2D eigenvalue weighted by Gasteiger charge is -2.28. The van der Waals surface area contributed by atoms with Gasteiger partial charge in [-0.25, -0.2) is 0 Å². The molecule has 0 amide bonds. The van der Waals surface area contributed by atoms with Crippen LogP contribution in [0, 0.1) is 5.41 Å². The van der Waals surface area contributed by atoms with E-state index in [1.165, 1.54) is 11.1 Å². The van der Waals surface area contributed by atoms with Gasteiger partial charge in [0.1, 0.15) is 0 Å². The predicted molar refractivity (Wildman–Crippen MR) is 93.2 cm³/mol. The Kier molecular flexibility index (Phi) is 5.41. The summed E-state index contributed by atoms with van der Waals surface area (Å²) in [5.74, 6) is 0. The molecule has 0 N–H and O–H groups in total. The molecule has 0 fully saturated rings. The Balaban J connectivity index is 2.18. The van der Waals surface area contributed by atoms with Crippen LogP contribution < -0.4 is 0 Å². The molecule has 0 unspecified atom stereocenters. The summed E-state index contributed by atoms with van der Waals surface area (Å²) in [4.78, 5) is 7.14. The van der Waals surface area contributed by atoms with Crippen LogP contribution in [0.2, 0.25) is 0 Å². The van der Waals surface area contributed by atoms with Crippen molar-refractivity contribution in [2.45, 2.75) is 45.8 Å². The van der Waals surface area contributed by atoms with Crippen LogP contribution in [-0.2, 0) is 11.3 Å². The second-order valence-corrected chi connectivity index (χ2v) is 7.01. The summed E-state index contributed by atoms with van der Waals surface area (Å²) < 4.78 is 5.33. The zero-order valence-corrected chi connectivity index (χ0v) is 14.2. The van der Waals surface area contributed by atoms with Gasteiger partial charge in [-0.2, -0.15) is 0 Å². The number of aliphatic imine (C=N–C) groups is 1. The summed E-state index contributed by atoms with van der Waals surface area (Å²) in [7, 11) is 1.74. The van der Waals surface area contributed by atoms with E-state index in [2.05, 4.69) is 56.5 Å². The van der Waals surface area contributed by atoms with Gasteiger partial charge in [0.05, 0.1) is 25.0 Å². The highest BCUT2D eigenvalue weighted by Gasteiger charge is 2.28. The molecule has 3 heteroatoms. The summed E-state index contributed by atoms with van der Waals surface area (Å²) >= 11 is 0. The smallest absolute Gasteiger partial charge is 0.0862 e. The molecule has 1 aliphatic rings. The quantitative estimate of drug-likeness (QED) is 0.446. The molecule has 1 aromatic carbocycles. The van der Waals surface area contributed by atoms with E-state index in [-0.39, 0.29) is 11.5 Å². The van der Waals surface area contributed by atoms with Crippen molar-refractivity contribution >= 4 is 6.34 Å². The van der Waals surface area contributed by atoms with Crippen molar-refractivity contribution in [1.29, 1.82) is 0 Å². The normalized spacial score (nSPS) is 19.5. The number of fused-ring (bicyclic) bond motifs is 1. The molecular formula is C19H28N2O. The molecule has 2 rings (SSSR count). The molecule has 0 saturated carbocycles. The maximum absolute atomic E-state index is 5.33. The summed E-state index contributed by atoms with van der Waals surface area (Å²) in [5, 5.41) is 0. The molecule has 22 heavy (non-hydrogen) atoms. The lowest BCUT2D eigenvalue weighted by Crippen LogP contribution is -2.31. The average molecular weight is 300 g/mol. The number of ether oxygens (including phenoxy) is 1. The van der Waals surface area contributed by atoms with E-state index in [0.717, 1.165) is 13.0 Å². The number of hydrogen-bond acceptors (Lipinski definition) is 2. The Hall–Kier alpha value is -1.61. The Morgan fingerprint density at radius 1 is 1.41 bits per heavy atom. The van der Waals surface area contributed by atoms with Gasteiger partial charge in [0.2, 0.25) is 0 Å². The Morgan fingerprint density at radius 3 is 2.77 bits per heavy atom. The minimum absolute atomic E-state index is 0.0903. The fourth-order valence-corrected chi connectivity index (χ4v) is 2.87. The Labute approximate surface area is 134 Å². The molecule has 2 atom stereocenters. The third kappa shape index (κ3) is 3.77. The van der Waals surface area contributed by atoms with Crippen LogP contribution >= 0.6 is 0 Å². The van der Waals surface area contributed by atoms with Crippen LogP contribution in [0.15, 0.2) is 41.9 Å². The molecule has 0 spiro atoms. The first kappa shape index (κ1) is 16.8. The second-order valence-electron chi connectivity index (χ2n) is 7.01. The lowest BCUT2D eigenvalue weighted by molar-refractivity contribution is 0.135. The molecule has 0 bridgehead atoms. The third-order valence-corrected chi connectivity index (χ3v) is 4.28. The molecule has 0 radical (unpaired) electrons. The predicted octanol–water partition coefficient (Wildman–Crippen LogP) is 4.21. The highest BCUT2D eigenvalue weighted by atomic mass is 16.5. The second kappa shape index (κ2) is 7.10. The van der Waals surface area contributed by atoms with Gasteiger partial charge in [-0.3, -0.25) is 4.99 Å². The van der Waals surface area contributed by atoms with Crippen LogP contribution in [-0.4, -0.2) is 31.0 Å². The van der Waals surface area contributed by atoms with Gasteiger partial charge < -0.3 is 9.64 Å². The van der Waals surface area contributed by atoms with Crippen molar-refractivity contribution in [1.82, 2.24) is 4.90 Å². The first-order valence-electron chi connectivity index (χ1n) is 7.94. The van der Waals surface area contributed by atoms with Crippen LogP contribution in [0.25, 0.3) is 0 Å². The largest absolute Gasteiger partial charge is 0.382 e. The van der Waals surface area contributed by atoms with E-state index in [9.17, 15) is 0 Å². The van der Waals surface area contributed by atoms with Crippen LogP contribution in [0.5, 0.6) is 0 Å². The number of nitrogens with zero attached hydrogens (tertiary/aromatic N) is 2. The number of methoxy groups -OCH3 is 1. The molecular weight excluding hydrogens is 272 g/mol. The Bertz CT molecular complexity index is 530. The Morgan fingerprint density at radius 2 is 2.14 bits per heavy atom. The van der Waals surface area contributed by atoms with Gasteiger partial charge >= 0.3 is 0 Å². The zero-order chi connectivity index (χ0) is 16.2. The fourth-order valence-electron chi connectivity index (χ4n) is 2.87. The number of benzene rings is 1. The SMILES string of the molecule is C=CC[C@H]1c2ccccc2CN1C=N[C@H](COC)C(C)(C)C. The average Bonchev–Trinajstić information content (AvgIpc) is 2.81. The molecule has 3 nitrogen and oxygen atoms in total. The van der Waals surface area contributed by atoms with E-state index in [0.29, 0.717) is 12.6 Å². The third-order valence-electron chi connectivity index (χ3n) is 4.28. The minimum Gasteiger partial charge on any atom is -0.382 e. The topological polar surface area (TPSA) is 24.8 Å². The van der Waals surface area contributed by atoms with E-state index in [4.69, 9.17) is 9.73 Å². The van der Waals surface area contributed by atoms with Crippen molar-refractivity contribution in [3.05, 3.63) is 48.0 Å². The zero-order valence-electron chi connectivity index (χ0n) is 14.2. The van der Waals surface area contributed by atoms with E-state index in [1.54, 1.807) is 7.11 Å². The van der Waals surface area contributed by atoms with Gasteiger partial charge in [0, 0.05) is 13.7 Å². The molecule has 1 aliphatic heterocycles. The monoisotopic (exact) mass is 300 g/mol. The molecule has 0 aliphatic carbocycles. The summed E-state index contributed by atoms with van der Waals surface area (Å²) in [6.07, 6.45) is 4.95. The van der Waals surface area contributed by atoms with Crippen molar-refractivity contribution in [3.8, 4) is 0 Å². The van der Waals surface area contributed by atoms with Gasteiger partial charge in [-0.15, -0.1) is 6.58 Å². The summed E-state index contributed by atoms with van der Waals surface area (Å²) in [6, 6.07) is 9.14. The van der Waals surface area contributed by atoms with Crippen LogP contribution in [0.3, 0.4) is 0 Å². The highest BCUT2D eigenvalue weighted by Crippen LogP contribution is 2.35. The van der Waals surface area contributed by atoms with E-state index in [1.807, 2.05) is 12.4 Å². The van der Waals surface area contributed by atoms with Crippen molar-refractivity contribution < 1.29 is 4.74 Å². The van der Waals surface area contributed by atoms with E-state index >= 15 is 0 Å². The standard InChI is InChI=1S/C19H28N2O/c1-6-9-17-16-11-8-7-10-15(16)12-21(17)14-20-18(13-22-5)19(2,3)4/h6-8,10-11,14,17-18H,1,9,12-13H2,2-5H3/t17-,18+/m0/s1. The first-order valence-corrected chi connectivity index (χ1v) is 7.94. The molecule has 0 saturated heterocycles. The van der Waals surface area contributed by atoms with Gasteiger partial charge in [0.25, 0.3) is 0 Å². The number of hydrogen-bond donors (Lipinski definition) is 0.